The smallest absolute Gasteiger partial charge is 0.130 e. The molecule has 0 fully saturated rings. The van der Waals surface area contributed by atoms with E-state index in [2.05, 4.69) is 35.4 Å². The molecule has 0 bridgehead atoms. The number of nitrogens with zero attached hydrogens (tertiary/aromatic N) is 1. The number of hydrogen-bond acceptors (Lipinski definition) is 3. The molecule has 0 aliphatic rings. The van der Waals surface area contributed by atoms with E-state index in [1.54, 1.807) is 0 Å². The van der Waals surface area contributed by atoms with E-state index in [-0.39, 0.29) is 0 Å². The van der Waals surface area contributed by atoms with E-state index in [0.717, 1.165) is 29.2 Å². The molecule has 2 rings (SSSR count). The minimum atomic E-state index is 0.503. The first kappa shape index (κ1) is 13.6. The number of para-hydroxylation sites is 1. The van der Waals surface area contributed by atoms with Crippen molar-refractivity contribution >= 4 is 0 Å². The van der Waals surface area contributed by atoms with Crippen molar-refractivity contribution in [2.45, 2.75) is 27.0 Å². The maximum absolute atomic E-state index is 5.96. The van der Waals surface area contributed by atoms with Gasteiger partial charge in [0.2, 0.25) is 0 Å². The molecule has 1 N–H and O–H groups in total. The van der Waals surface area contributed by atoms with Crippen LogP contribution >= 0.6 is 0 Å². The van der Waals surface area contributed by atoms with Gasteiger partial charge in [0.1, 0.15) is 12.4 Å². The third kappa shape index (κ3) is 3.55. The van der Waals surface area contributed by atoms with Gasteiger partial charge in [-0.1, -0.05) is 24.3 Å². The molecule has 0 aliphatic carbocycles. The van der Waals surface area contributed by atoms with Gasteiger partial charge in [-0.05, 0) is 38.6 Å². The van der Waals surface area contributed by atoms with Crippen molar-refractivity contribution in [2.24, 2.45) is 0 Å². The van der Waals surface area contributed by atoms with Crippen LogP contribution in [-0.4, -0.2) is 12.0 Å². The van der Waals surface area contributed by atoms with E-state index < -0.39 is 0 Å². The molecule has 0 amide bonds. The van der Waals surface area contributed by atoms with E-state index >= 15 is 0 Å². The molecule has 2 aromatic rings. The van der Waals surface area contributed by atoms with Crippen molar-refractivity contribution in [2.75, 3.05) is 7.05 Å². The summed E-state index contributed by atoms with van der Waals surface area (Å²) in [5, 5.41) is 3.16. The van der Waals surface area contributed by atoms with Gasteiger partial charge in [-0.3, -0.25) is 4.98 Å². The highest BCUT2D eigenvalue weighted by atomic mass is 16.5. The zero-order chi connectivity index (χ0) is 13.7. The topological polar surface area (TPSA) is 34.1 Å². The lowest BCUT2D eigenvalue weighted by atomic mass is 10.1. The van der Waals surface area contributed by atoms with Gasteiger partial charge < -0.3 is 10.1 Å². The lowest BCUT2D eigenvalue weighted by Gasteiger charge is -2.14. The minimum absolute atomic E-state index is 0.503. The summed E-state index contributed by atoms with van der Waals surface area (Å²) in [6, 6.07) is 12.2. The molecule has 0 saturated heterocycles. The lowest BCUT2D eigenvalue weighted by Crippen LogP contribution is -2.09. The van der Waals surface area contributed by atoms with Gasteiger partial charge in [-0.25, -0.2) is 0 Å². The van der Waals surface area contributed by atoms with Crippen molar-refractivity contribution in [3.8, 4) is 5.75 Å². The van der Waals surface area contributed by atoms with Gasteiger partial charge in [-0.15, -0.1) is 0 Å². The number of aryl methyl sites for hydroxylation is 2. The Labute approximate surface area is 114 Å². The van der Waals surface area contributed by atoms with Crippen molar-refractivity contribution < 1.29 is 4.74 Å². The zero-order valence-electron chi connectivity index (χ0n) is 11.7. The van der Waals surface area contributed by atoms with Crippen LogP contribution in [0.25, 0.3) is 0 Å². The van der Waals surface area contributed by atoms with Gasteiger partial charge in [0.25, 0.3) is 0 Å². The summed E-state index contributed by atoms with van der Waals surface area (Å²) in [5.74, 6) is 0.958. The van der Waals surface area contributed by atoms with E-state index in [9.17, 15) is 0 Å². The summed E-state index contributed by atoms with van der Waals surface area (Å²) in [7, 11) is 1.94. The fraction of sp³-hybridized carbons (Fsp3) is 0.312. The molecule has 0 radical (unpaired) electrons. The van der Waals surface area contributed by atoms with Crippen LogP contribution < -0.4 is 10.1 Å². The van der Waals surface area contributed by atoms with Gasteiger partial charge in [-0.2, -0.15) is 0 Å². The standard InChI is InChI=1S/C16H20N2O/c1-12-6-4-8-14(10-17-3)16(12)19-11-15-9-5-7-13(2)18-15/h4-9,17H,10-11H2,1-3H3. The fourth-order valence-electron chi connectivity index (χ4n) is 2.08. The number of aromatic nitrogens is 1. The lowest BCUT2D eigenvalue weighted by molar-refractivity contribution is 0.295. The number of ether oxygens (including phenoxy) is 1. The molecular weight excluding hydrogens is 236 g/mol. The number of pyridine rings is 1. The van der Waals surface area contributed by atoms with Crippen LogP contribution in [0.1, 0.15) is 22.5 Å². The molecule has 1 aromatic heterocycles. The Bertz CT molecular complexity index is 552. The summed E-state index contributed by atoms with van der Waals surface area (Å²) in [4.78, 5) is 4.45. The monoisotopic (exact) mass is 256 g/mol. The molecular formula is C16H20N2O. The van der Waals surface area contributed by atoms with Gasteiger partial charge in [0, 0.05) is 17.8 Å². The average molecular weight is 256 g/mol. The zero-order valence-corrected chi connectivity index (χ0v) is 11.7. The number of nitrogens with one attached hydrogen (secondary N) is 1. The molecule has 0 unspecified atom stereocenters. The van der Waals surface area contributed by atoms with Crippen molar-refractivity contribution in [3.05, 3.63) is 58.9 Å². The first-order chi connectivity index (χ1) is 9.20. The Morgan fingerprint density at radius 2 is 1.89 bits per heavy atom. The number of benzene rings is 1. The molecule has 0 atom stereocenters. The second-order valence-corrected chi connectivity index (χ2v) is 4.65. The first-order valence-corrected chi connectivity index (χ1v) is 6.49. The predicted molar refractivity (Wildman–Crippen MR) is 77.2 cm³/mol. The van der Waals surface area contributed by atoms with Crippen LogP contribution in [0.2, 0.25) is 0 Å². The Morgan fingerprint density at radius 1 is 1.11 bits per heavy atom. The van der Waals surface area contributed by atoms with Crippen LogP contribution in [0, 0.1) is 13.8 Å². The molecule has 0 saturated carbocycles. The Balaban J connectivity index is 2.14. The molecule has 0 aliphatic heterocycles. The summed E-state index contributed by atoms with van der Waals surface area (Å²) in [6.45, 7) is 5.36. The normalized spacial score (nSPS) is 10.5. The highest BCUT2D eigenvalue weighted by Crippen LogP contribution is 2.24. The molecule has 19 heavy (non-hydrogen) atoms. The largest absolute Gasteiger partial charge is 0.487 e. The molecule has 1 aromatic carbocycles. The predicted octanol–water partition coefficient (Wildman–Crippen LogP) is 3.00. The Morgan fingerprint density at radius 3 is 2.63 bits per heavy atom. The van der Waals surface area contributed by atoms with Gasteiger partial charge in [0.15, 0.2) is 0 Å². The maximum atomic E-state index is 5.96. The first-order valence-electron chi connectivity index (χ1n) is 6.49. The Kier molecular flexibility index (Phi) is 4.53. The molecule has 3 nitrogen and oxygen atoms in total. The maximum Gasteiger partial charge on any atom is 0.130 e. The van der Waals surface area contributed by atoms with E-state index in [0.29, 0.717) is 6.61 Å². The fourth-order valence-corrected chi connectivity index (χ4v) is 2.08. The Hall–Kier alpha value is -1.87. The van der Waals surface area contributed by atoms with Gasteiger partial charge >= 0.3 is 0 Å². The second kappa shape index (κ2) is 6.34. The summed E-state index contributed by atoms with van der Waals surface area (Å²) < 4.78 is 5.96. The van der Waals surface area contributed by atoms with Crippen molar-refractivity contribution in [1.29, 1.82) is 0 Å². The van der Waals surface area contributed by atoms with E-state index in [1.807, 2.05) is 32.2 Å². The summed E-state index contributed by atoms with van der Waals surface area (Å²) in [6.07, 6.45) is 0. The van der Waals surface area contributed by atoms with Crippen LogP contribution in [0.5, 0.6) is 5.75 Å². The van der Waals surface area contributed by atoms with Crippen molar-refractivity contribution in [1.82, 2.24) is 10.3 Å². The minimum Gasteiger partial charge on any atom is -0.487 e. The van der Waals surface area contributed by atoms with Crippen LogP contribution in [0.15, 0.2) is 36.4 Å². The summed E-state index contributed by atoms with van der Waals surface area (Å²) in [5.41, 5.74) is 4.30. The van der Waals surface area contributed by atoms with Gasteiger partial charge in [0.05, 0.1) is 5.69 Å². The SMILES string of the molecule is CNCc1cccc(C)c1OCc1cccc(C)n1. The van der Waals surface area contributed by atoms with Crippen LogP contribution in [0.3, 0.4) is 0 Å². The molecule has 0 spiro atoms. The van der Waals surface area contributed by atoms with Crippen LogP contribution in [0.4, 0.5) is 0 Å². The number of rotatable bonds is 5. The second-order valence-electron chi connectivity index (χ2n) is 4.65. The number of hydrogen-bond donors (Lipinski definition) is 1. The molecule has 1 heterocycles. The average Bonchev–Trinajstić information content (AvgIpc) is 2.38. The van der Waals surface area contributed by atoms with Crippen molar-refractivity contribution in [3.63, 3.8) is 0 Å². The summed E-state index contributed by atoms with van der Waals surface area (Å²) >= 11 is 0. The third-order valence-electron chi connectivity index (χ3n) is 2.97. The molecule has 3 heteroatoms. The highest BCUT2D eigenvalue weighted by Gasteiger charge is 2.07. The van der Waals surface area contributed by atoms with Crippen LogP contribution in [-0.2, 0) is 13.2 Å². The van der Waals surface area contributed by atoms with E-state index in [1.165, 1.54) is 5.56 Å². The molecule has 100 valence electrons. The highest BCUT2D eigenvalue weighted by molar-refractivity contribution is 5.40. The third-order valence-corrected chi connectivity index (χ3v) is 2.97. The van der Waals surface area contributed by atoms with E-state index in [4.69, 9.17) is 4.74 Å². The quantitative estimate of drug-likeness (QED) is 0.893.